The first-order chi connectivity index (χ1) is 11.5. The molecular weight excluding hydrogens is 329 g/mol. The molecule has 122 valence electrons. The van der Waals surface area contributed by atoms with E-state index in [4.69, 9.17) is 5.73 Å². The maximum Gasteiger partial charge on any atom is 0.261 e. The zero-order chi connectivity index (χ0) is 17.3. The molecule has 0 saturated carbocycles. The molecule has 0 aliphatic carbocycles. The minimum atomic E-state index is -0.773. The zero-order valence-electron chi connectivity index (χ0n) is 12.8. The van der Waals surface area contributed by atoms with Crippen molar-refractivity contribution in [3.05, 3.63) is 70.3 Å². The summed E-state index contributed by atoms with van der Waals surface area (Å²) in [5, 5.41) is 0.0958. The average Bonchev–Trinajstić information content (AvgIpc) is 2.57. The highest BCUT2D eigenvalue weighted by atomic mass is 32.2. The lowest BCUT2D eigenvalue weighted by Gasteiger charge is -2.15. The molecule has 3 aromatic rings. The fraction of sp³-hybridized carbons (Fsp3) is 0.118. The van der Waals surface area contributed by atoms with Crippen molar-refractivity contribution in [1.82, 2.24) is 9.55 Å². The molecule has 0 unspecified atom stereocenters. The SMILES string of the molecule is Cn1c(S[C@H](C(N)=O)c2ccc(F)cc2)nc2ccccc2c1=O. The Labute approximate surface area is 141 Å². The maximum atomic E-state index is 13.1. The molecular formula is C17H14FN3O2S. The van der Waals surface area contributed by atoms with Gasteiger partial charge in [0.25, 0.3) is 5.56 Å². The number of halogens is 1. The van der Waals surface area contributed by atoms with Crippen molar-refractivity contribution in [3.8, 4) is 0 Å². The van der Waals surface area contributed by atoms with Crippen molar-refractivity contribution < 1.29 is 9.18 Å². The first-order valence-electron chi connectivity index (χ1n) is 7.14. The summed E-state index contributed by atoms with van der Waals surface area (Å²) in [6.45, 7) is 0. The van der Waals surface area contributed by atoms with Crippen molar-refractivity contribution in [2.45, 2.75) is 10.4 Å². The van der Waals surface area contributed by atoms with E-state index in [1.54, 1.807) is 31.3 Å². The van der Waals surface area contributed by atoms with Crippen molar-refractivity contribution in [2.24, 2.45) is 12.8 Å². The average molecular weight is 343 g/mol. The fourth-order valence-corrected chi connectivity index (χ4v) is 3.35. The number of primary amides is 1. The summed E-state index contributed by atoms with van der Waals surface area (Å²) in [7, 11) is 1.59. The Morgan fingerprint density at radius 2 is 1.88 bits per heavy atom. The van der Waals surface area contributed by atoms with E-state index < -0.39 is 17.0 Å². The van der Waals surface area contributed by atoms with Crippen LogP contribution >= 0.6 is 11.8 Å². The molecule has 1 aromatic heterocycles. The van der Waals surface area contributed by atoms with Gasteiger partial charge >= 0.3 is 0 Å². The summed E-state index contributed by atoms with van der Waals surface area (Å²) in [6.07, 6.45) is 0. The van der Waals surface area contributed by atoms with E-state index in [9.17, 15) is 14.0 Å². The van der Waals surface area contributed by atoms with Crippen LogP contribution in [0.2, 0.25) is 0 Å². The second-order valence-corrected chi connectivity index (χ2v) is 6.30. The van der Waals surface area contributed by atoms with Crippen molar-refractivity contribution in [1.29, 1.82) is 0 Å². The molecule has 5 nitrogen and oxygen atoms in total. The van der Waals surface area contributed by atoms with Crippen LogP contribution in [0.3, 0.4) is 0 Å². The predicted molar refractivity (Wildman–Crippen MR) is 91.2 cm³/mol. The first kappa shape index (κ1) is 16.2. The molecule has 3 rings (SSSR count). The quantitative estimate of drug-likeness (QED) is 0.583. The number of aromatic nitrogens is 2. The van der Waals surface area contributed by atoms with Gasteiger partial charge in [-0.3, -0.25) is 14.2 Å². The van der Waals surface area contributed by atoms with Gasteiger partial charge in [-0.2, -0.15) is 0 Å². The van der Waals surface area contributed by atoms with Crippen LogP contribution in [0, 0.1) is 5.82 Å². The topological polar surface area (TPSA) is 78.0 Å². The van der Waals surface area contributed by atoms with Gasteiger partial charge in [0.15, 0.2) is 5.16 Å². The minimum absolute atomic E-state index is 0.203. The monoisotopic (exact) mass is 343 g/mol. The number of thioether (sulfide) groups is 1. The lowest BCUT2D eigenvalue weighted by Crippen LogP contribution is -2.23. The normalized spacial score (nSPS) is 12.2. The van der Waals surface area contributed by atoms with E-state index >= 15 is 0 Å². The molecule has 1 atom stereocenters. The number of rotatable bonds is 4. The van der Waals surface area contributed by atoms with Gasteiger partial charge in [0.1, 0.15) is 11.1 Å². The van der Waals surface area contributed by atoms with Gasteiger partial charge < -0.3 is 5.73 Å². The van der Waals surface area contributed by atoms with E-state index in [-0.39, 0.29) is 5.56 Å². The summed E-state index contributed by atoms with van der Waals surface area (Å²) in [5.41, 5.74) is 6.38. The standard InChI is InChI=1S/C17H14FN3O2S/c1-21-16(23)12-4-2-3-5-13(12)20-17(21)24-14(15(19)22)10-6-8-11(18)9-7-10/h2-9,14H,1H3,(H2,19,22)/t14-/m0/s1. The summed E-state index contributed by atoms with van der Waals surface area (Å²) in [5.74, 6) is -0.989. The van der Waals surface area contributed by atoms with E-state index in [1.807, 2.05) is 0 Å². The summed E-state index contributed by atoms with van der Waals surface area (Å²) < 4.78 is 14.5. The summed E-state index contributed by atoms with van der Waals surface area (Å²) in [6, 6.07) is 12.5. The molecule has 0 bridgehead atoms. The highest BCUT2D eigenvalue weighted by Crippen LogP contribution is 2.33. The Morgan fingerprint density at radius 3 is 2.54 bits per heavy atom. The molecule has 0 radical (unpaired) electrons. The Bertz CT molecular complexity index is 970. The van der Waals surface area contributed by atoms with E-state index in [0.717, 1.165) is 11.8 Å². The van der Waals surface area contributed by atoms with E-state index in [0.29, 0.717) is 21.6 Å². The molecule has 1 amide bonds. The fourth-order valence-electron chi connectivity index (χ4n) is 2.34. The van der Waals surface area contributed by atoms with Crippen molar-refractivity contribution in [3.63, 3.8) is 0 Å². The molecule has 1 heterocycles. The third-order valence-corrected chi connectivity index (χ3v) is 4.91. The molecule has 0 fully saturated rings. The Hall–Kier alpha value is -2.67. The number of amides is 1. The van der Waals surface area contributed by atoms with Crippen LogP contribution in [0.15, 0.2) is 58.5 Å². The number of hydrogen-bond donors (Lipinski definition) is 1. The van der Waals surface area contributed by atoms with Crippen molar-refractivity contribution in [2.75, 3.05) is 0 Å². The van der Waals surface area contributed by atoms with Gasteiger partial charge in [0.2, 0.25) is 5.91 Å². The van der Waals surface area contributed by atoms with Crippen LogP contribution in [-0.4, -0.2) is 15.5 Å². The lowest BCUT2D eigenvalue weighted by molar-refractivity contribution is -0.117. The smallest absolute Gasteiger partial charge is 0.261 e. The number of benzene rings is 2. The molecule has 0 aliphatic heterocycles. The molecule has 0 spiro atoms. The summed E-state index contributed by atoms with van der Waals surface area (Å²) in [4.78, 5) is 28.7. The van der Waals surface area contributed by atoms with Gasteiger partial charge in [0.05, 0.1) is 10.9 Å². The number of fused-ring (bicyclic) bond motifs is 1. The van der Waals surface area contributed by atoms with Gasteiger partial charge in [-0.1, -0.05) is 36.0 Å². The zero-order valence-corrected chi connectivity index (χ0v) is 13.6. The van der Waals surface area contributed by atoms with Crippen LogP contribution in [-0.2, 0) is 11.8 Å². The Morgan fingerprint density at radius 1 is 1.21 bits per heavy atom. The third-order valence-electron chi connectivity index (χ3n) is 3.60. The van der Waals surface area contributed by atoms with Gasteiger partial charge in [-0.15, -0.1) is 0 Å². The molecule has 0 aliphatic rings. The second-order valence-electron chi connectivity index (χ2n) is 5.23. The number of carbonyl (C=O) groups excluding carboxylic acids is 1. The lowest BCUT2D eigenvalue weighted by atomic mass is 10.1. The van der Waals surface area contributed by atoms with Crippen LogP contribution < -0.4 is 11.3 Å². The molecule has 2 N–H and O–H groups in total. The predicted octanol–water partition coefficient (Wildman–Crippen LogP) is 2.39. The highest BCUT2D eigenvalue weighted by Gasteiger charge is 2.22. The van der Waals surface area contributed by atoms with Gasteiger partial charge in [-0.05, 0) is 29.8 Å². The number of hydrogen-bond acceptors (Lipinski definition) is 4. The second kappa shape index (κ2) is 6.45. The van der Waals surface area contributed by atoms with Crippen LogP contribution in [0.1, 0.15) is 10.8 Å². The molecule has 0 saturated heterocycles. The van der Waals surface area contributed by atoms with Crippen LogP contribution in [0.5, 0.6) is 0 Å². The number of carbonyl (C=O) groups is 1. The first-order valence-corrected chi connectivity index (χ1v) is 8.02. The Balaban J connectivity index is 2.06. The molecule has 24 heavy (non-hydrogen) atoms. The Kier molecular flexibility index (Phi) is 4.35. The van der Waals surface area contributed by atoms with E-state index in [1.165, 1.54) is 28.8 Å². The largest absolute Gasteiger partial charge is 0.368 e. The summed E-state index contributed by atoms with van der Waals surface area (Å²) >= 11 is 1.07. The van der Waals surface area contributed by atoms with E-state index in [2.05, 4.69) is 4.98 Å². The maximum absolute atomic E-state index is 13.1. The number of para-hydroxylation sites is 1. The van der Waals surface area contributed by atoms with Crippen LogP contribution in [0.25, 0.3) is 10.9 Å². The minimum Gasteiger partial charge on any atom is -0.368 e. The van der Waals surface area contributed by atoms with Crippen molar-refractivity contribution >= 4 is 28.6 Å². The third kappa shape index (κ3) is 3.03. The van der Waals surface area contributed by atoms with Crippen LogP contribution in [0.4, 0.5) is 4.39 Å². The molecule has 7 heteroatoms. The van der Waals surface area contributed by atoms with Gasteiger partial charge in [-0.25, -0.2) is 9.37 Å². The molecule has 2 aromatic carbocycles. The highest BCUT2D eigenvalue weighted by molar-refractivity contribution is 8.00. The van der Waals surface area contributed by atoms with Gasteiger partial charge in [0, 0.05) is 7.05 Å². The number of nitrogens with two attached hydrogens (primary N) is 1. The number of nitrogens with zero attached hydrogens (tertiary/aromatic N) is 2.